The number of nitrogens with zero attached hydrogens (tertiary/aromatic N) is 2. The van der Waals surface area contributed by atoms with E-state index in [4.69, 9.17) is 4.84 Å². The minimum absolute atomic E-state index is 0.722. The monoisotopic (exact) mass is 294 g/mol. The predicted octanol–water partition coefficient (Wildman–Crippen LogP) is 3.93. The van der Waals surface area contributed by atoms with E-state index in [2.05, 4.69) is 35.3 Å². The van der Waals surface area contributed by atoms with Gasteiger partial charge in [-0.3, -0.25) is 0 Å². The molecule has 0 aromatic carbocycles. The van der Waals surface area contributed by atoms with Crippen molar-refractivity contribution in [1.82, 2.24) is 4.90 Å². The third-order valence-electron chi connectivity index (χ3n) is 3.90. The lowest BCUT2D eigenvalue weighted by Crippen LogP contribution is -2.24. The van der Waals surface area contributed by atoms with E-state index in [-0.39, 0.29) is 0 Å². The fourth-order valence-electron chi connectivity index (χ4n) is 2.61. The van der Waals surface area contributed by atoms with Crippen LogP contribution in [0.1, 0.15) is 50.0 Å². The van der Waals surface area contributed by atoms with Crippen LogP contribution in [0.2, 0.25) is 0 Å². The lowest BCUT2D eigenvalue weighted by Gasteiger charge is -2.17. The highest BCUT2D eigenvalue weighted by Gasteiger charge is 2.15. The zero-order chi connectivity index (χ0) is 14.2. The highest BCUT2D eigenvalue weighted by atomic mass is 32.1. The summed E-state index contributed by atoms with van der Waals surface area (Å²) in [5.74, 6) is 0. The van der Waals surface area contributed by atoms with E-state index in [0.717, 1.165) is 44.8 Å². The number of oxime groups is 1. The number of aryl methyl sites for hydroxylation is 1. The lowest BCUT2D eigenvalue weighted by molar-refractivity contribution is 0.130. The number of rotatable bonds is 7. The van der Waals surface area contributed by atoms with Crippen LogP contribution in [0, 0.1) is 0 Å². The lowest BCUT2D eigenvalue weighted by atomic mass is 10.1. The normalized spacial score (nSPS) is 17.2. The van der Waals surface area contributed by atoms with Gasteiger partial charge >= 0.3 is 0 Å². The molecule has 0 atom stereocenters. The molecule has 0 unspecified atom stereocenters. The second-order valence-electron chi connectivity index (χ2n) is 5.22. The molecule has 0 saturated heterocycles. The van der Waals surface area contributed by atoms with Crippen molar-refractivity contribution in [3.05, 3.63) is 21.9 Å². The maximum absolute atomic E-state index is 5.56. The smallest absolute Gasteiger partial charge is 0.118 e. The molecular weight excluding hydrogens is 268 g/mol. The Morgan fingerprint density at radius 2 is 2.05 bits per heavy atom. The van der Waals surface area contributed by atoms with Gasteiger partial charge in [0.05, 0.1) is 5.71 Å². The SMILES string of the molecule is CCN(CC)CCCO/N=C1/CCCCc2sccc21. The number of thiophene rings is 1. The third-order valence-corrected chi connectivity index (χ3v) is 4.88. The summed E-state index contributed by atoms with van der Waals surface area (Å²) in [5, 5.41) is 6.58. The average Bonchev–Trinajstić information content (AvgIpc) is 2.85. The largest absolute Gasteiger partial charge is 0.396 e. The molecule has 0 radical (unpaired) electrons. The van der Waals surface area contributed by atoms with Crippen LogP contribution >= 0.6 is 11.3 Å². The molecule has 0 aliphatic heterocycles. The topological polar surface area (TPSA) is 24.8 Å². The quantitative estimate of drug-likeness (QED) is 0.432. The van der Waals surface area contributed by atoms with E-state index in [1.807, 2.05) is 11.3 Å². The third kappa shape index (κ3) is 4.32. The molecule has 0 N–H and O–H groups in total. The molecule has 0 saturated carbocycles. The fraction of sp³-hybridized carbons (Fsp3) is 0.688. The zero-order valence-corrected chi connectivity index (χ0v) is 13.5. The molecule has 1 aliphatic rings. The van der Waals surface area contributed by atoms with Crippen LogP contribution in [0.5, 0.6) is 0 Å². The molecule has 4 heteroatoms. The highest BCUT2D eigenvalue weighted by Crippen LogP contribution is 2.25. The van der Waals surface area contributed by atoms with Crippen molar-refractivity contribution in [2.45, 2.75) is 46.0 Å². The maximum Gasteiger partial charge on any atom is 0.118 e. The summed E-state index contributed by atoms with van der Waals surface area (Å²) in [6.07, 6.45) is 5.81. The summed E-state index contributed by atoms with van der Waals surface area (Å²) in [5.41, 5.74) is 2.48. The minimum atomic E-state index is 0.722. The summed E-state index contributed by atoms with van der Waals surface area (Å²) < 4.78 is 0. The zero-order valence-electron chi connectivity index (χ0n) is 12.7. The van der Waals surface area contributed by atoms with Gasteiger partial charge in [0.1, 0.15) is 6.61 Å². The molecule has 1 aliphatic carbocycles. The molecule has 112 valence electrons. The van der Waals surface area contributed by atoms with Crippen LogP contribution < -0.4 is 0 Å². The summed E-state index contributed by atoms with van der Waals surface area (Å²) in [6.45, 7) is 8.45. The van der Waals surface area contributed by atoms with Crippen molar-refractivity contribution >= 4 is 17.0 Å². The Bertz CT molecular complexity index is 424. The van der Waals surface area contributed by atoms with Gasteiger partial charge in [0.2, 0.25) is 0 Å². The van der Waals surface area contributed by atoms with Gasteiger partial charge in [-0.05, 0) is 56.6 Å². The van der Waals surface area contributed by atoms with Crippen LogP contribution in [0.15, 0.2) is 16.6 Å². The first kappa shape index (κ1) is 15.5. The van der Waals surface area contributed by atoms with Crippen LogP contribution in [0.4, 0.5) is 0 Å². The molecule has 20 heavy (non-hydrogen) atoms. The van der Waals surface area contributed by atoms with E-state index in [1.54, 1.807) is 0 Å². The summed E-state index contributed by atoms with van der Waals surface area (Å²) in [7, 11) is 0. The van der Waals surface area contributed by atoms with Crippen LogP contribution in [-0.4, -0.2) is 36.9 Å². The van der Waals surface area contributed by atoms with E-state index in [1.165, 1.54) is 29.7 Å². The van der Waals surface area contributed by atoms with Crippen molar-refractivity contribution < 1.29 is 4.84 Å². The Kier molecular flexibility index (Phi) is 6.54. The molecule has 3 nitrogen and oxygen atoms in total. The number of fused-ring (bicyclic) bond motifs is 1. The van der Waals surface area contributed by atoms with Crippen molar-refractivity contribution in [3.63, 3.8) is 0 Å². The molecule has 1 aromatic heterocycles. The fourth-order valence-corrected chi connectivity index (χ4v) is 3.56. The van der Waals surface area contributed by atoms with Crippen LogP contribution in [-0.2, 0) is 11.3 Å². The Labute approximate surface area is 126 Å². The first-order valence-electron chi connectivity index (χ1n) is 7.83. The van der Waals surface area contributed by atoms with Crippen molar-refractivity contribution in [3.8, 4) is 0 Å². The molecule has 1 heterocycles. The van der Waals surface area contributed by atoms with E-state index in [9.17, 15) is 0 Å². The molecular formula is C16H26N2OS. The Balaban J connectivity index is 1.80. The molecule has 0 fully saturated rings. The maximum atomic E-state index is 5.56. The van der Waals surface area contributed by atoms with Crippen molar-refractivity contribution in [1.29, 1.82) is 0 Å². The minimum Gasteiger partial charge on any atom is -0.396 e. The van der Waals surface area contributed by atoms with Gasteiger partial charge in [0, 0.05) is 17.0 Å². The molecule has 0 amide bonds. The Morgan fingerprint density at radius 1 is 1.25 bits per heavy atom. The van der Waals surface area contributed by atoms with Gasteiger partial charge in [-0.1, -0.05) is 19.0 Å². The van der Waals surface area contributed by atoms with Crippen molar-refractivity contribution in [2.24, 2.45) is 5.16 Å². The second kappa shape index (κ2) is 8.42. The van der Waals surface area contributed by atoms with E-state index in [0.29, 0.717) is 0 Å². The summed E-state index contributed by atoms with van der Waals surface area (Å²) in [6, 6.07) is 2.20. The van der Waals surface area contributed by atoms with Crippen LogP contribution in [0.25, 0.3) is 0 Å². The van der Waals surface area contributed by atoms with E-state index >= 15 is 0 Å². The average molecular weight is 294 g/mol. The second-order valence-corrected chi connectivity index (χ2v) is 6.22. The highest BCUT2D eigenvalue weighted by molar-refractivity contribution is 7.10. The van der Waals surface area contributed by atoms with Gasteiger partial charge < -0.3 is 9.74 Å². The van der Waals surface area contributed by atoms with Gasteiger partial charge in [0.25, 0.3) is 0 Å². The molecule has 1 aromatic rings. The van der Waals surface area contributed by atoms with Crippen LogP contribution in [0.3, 0.4) is 0 Å². The summed E-state index contributed by atoms with van der Waals surface area (Å²) in [4.78, 5) is 9.46. The van der Waals surface area contributed by atoms with Gasteiger partial charge in [-0.2, -0.15) is 0 Å². The van der Waals surface area contributed by atoms with Crippen molar-refractivity contribution in [2.75, 3.05) is 26.2 Å². The van der Waals surface area contributed by atoms with E-state index < -0.39 is 0 Å². The molecule has 0 spiro atoms. The first-order valence-corrected chi connectivity index (χ1v) is 8.71. The first-order chi connectivity index (χ1) is 9.85. The Hall–Kier alpha value is -0.870. The summed E-state index contributed by atoms with van der Waals surface area (Å²) >= 11 is 1.85. The molecule has 2 rings (SSSR count). The number of hydrogen-bond acceptors (Lipinski definition) is 4. The standard InChI is InChI=1S/C16H26N2OS/c1-3-18(4-2)11-7-12-19-17-15-8-5-6-9-16-14(15)10-13-20-16/h10,13H,3-9,11-12H2,1-2H3/b17-15-. The van der Waals surface area contributed by atoms with Gasteiger partial charge in [-0.25, -0.2) is 0 Å². The predicted molar refractivity (Wildman–Crippen MR) is 86.8 cm³/mol. The van der Waals surface area contributed by atoms with Gasteiger partial charge in [-0.15, -0.1) is 11.3 Å². The number of hydrogen-bond donors (Lipinski definition) is 0. The van der Waals surface area contributed by atoms with Gasteiger partial charge in [0.15, 0.2) is 0 Å². The molecule has 0 bridgehead atoms. The Morgan fingerprint density at radius 3 is 2.85 bits per heavy atom.